The van der Waals surface area contributed by atoms with Gasteiger partial charge in [0.2, 0.25) is 5.91 Å². The van der Waals surface area contributed by atoms with Crippen LogP contribution in [0.25, 0.3) is 0 Å². The van der Waals surface area contributed by atoms with Crippen LogP contribution in [0.5, 0.6) is 0 Å². The van der Waals surface area contributed by atoms with Gasteiger partial charge in [-0.25, -0.2) is 0 Å². The zero-order chi connectivity index (χ0) is 11.8. The molecule has 3 nitrogen and oxygen atoms in total. The van der Waals surface area contributed by atoms with E-state index in [4.69, 9.17) is 0 Å². The van der Waals surface area contributed by atoms with Crippen LogP contribution >= 0.6 is 0 Å². The van der Waals surface area contributed by atoms with E-state index in [-0.39, 0.29) is 0 Å². The molecule has 0 radical (unpaired) electrons. The summed E-state index contributed by atoms with van der Waals surface area (Å²) in [6, 6.07) is 0.663. The second-order valence-corrected chi connectivity index (χ2v) is 6.27. The third-order valence-corrected chi connectivity index (χ3v) is 4.63. The zero-order valence-electron chi connectivity index (χ0n) is 10.8. The Labute approximate surface area is 104 Å². The molecule has 0 aromatic heterocycles. The van der Waals surface area contributed by atoms with Crippen LogP contribution in [-0.2, 0) is 4.79 Å². The summed E-state index contributed by atoms with van der Waals surface area (Å²) in [5, 5.41) is 3.66. The predicted molar refractivity (Wildman–Crippen MR) is 67.6 cm³/mol. The minimum atomic E-state index is 0.367. The smallest absolute Gasteiger partial charge is 0.225 e. The van der Waals surface area contributed by atoms with E-state index in [0.717, 1.165) is 38.3 Å². The lowest BCUT2D eigenvalue weighted by molar-refractivity contribution is -0.134. The number of carbonyl (C=O) groups excluding carboxylic acids is 1. The summed E-state index contributed by atoms with van der Waals surface area (Å²) in [7, 11) is 0. The molecule has 3 fully saturated rings. The molecule has 3 aliphatic rings. The van der Waals surface area contributed by atoms with Gasteiger partial charge in [-0.15, -0.1) is 0 Å². The highest BCUT2D eigenvalue weighted by Gasteiger charge is 2.42. The molecule has 3 heteroatoms. The number of hydrogen-bond acceptors (Lipinski definition) is 2. The van der Waals surface area contributed by atoms with Gasteiger partial charge in [0.25, 0.3) is 0 Å². The summed E-state index contributed by atoms with van der Waals surface area (Å²) < 4.78 is 0. The maximum absolute atomic E-state index is 12.1. The van der Waals surface area contributed by atoms with E-state index in [9.17, 15) is 4.79 Å². The van der Waals surface area contributed by atoms with Crippen molar-refractivity contribution in [3.8, 4) is 0 Å². The van der Waals surface area contributed by atoms with Crippen molar-refractivity contribution in [3.63, 3.8) is 0 Å². The van der Waals surface area contributed by atoms with Gasteiger partial charge in [-0.3, -0.25) is 4.79 Å². The Morgan fingerprint density at radius 2 is 1.88 bits per heavy atom. The van der Waals surface area contributed by atoms with Crippen LogP contribution in [-0.4, -0.2) is 36.5 Å². The summed E-state index contributed by atoms with van der Waals surface area (Å²) in [5.41, 5.74) is 0. The fraction of sp³-hybridized carbons (Fsp3) is 0.929. The van der Waals surface area contributed by atoms with E-state index in [1.54, 1.807) is 0 Å². The molecule has 0 aromatic carbocycles. The van der Waals surface area contributed by atoms with Gasteiger partial charge in [0.1, 0.15) is 0 Å². The molecule has 3 rings (SSSR count). The Morgan fingerprint density at radius 3 is 2.41 bits per heavy atom. The molecule has 0 bridgehead atoms. The molecule has 1 saturated heterocycles. The van der Waals surface area contributed by atoms with Gasteiger partial charge >= 0.3 is 0 Å². The fourth-order valence-corrected chi connectivity index (χ4v) is 2.86. The molecule has 2 saturated carbocycles. The summed E-state index contributed by atoms with van der Waals surface area (Å²) in [6.45, 7) is 5.35. The Bertz CT molecular complexity index is 293. The van der Waals surface area contributed by atoms with Crippen molar-refractivity contribution in [3.05, 3.63) is 0 Å². The Kier molecular flexibility index (Phi) is 3.12. The number of amides is 1. The minimum Gasteiger partial charge on any atom is -0.342 e. The first-order chi connectivity index (χ1) is 8.24. The van der Waals surface area contributed by atoms with E-state index in [1.165, 1.54) is 19.4 Å². The summed E-state index contributed by atoms with van der Waals surface area (Å²) in [6.07, 6.45) is 6.27. The lowest BCUT2D eigenvalue weighted by Crippen LogP contribution is -2.46. The van der Waals surface area contributed by atoms with E-state index in [1.807, 2.05) is 0 Å². The first kappa shape index (κ1) is 11.5. The third-order valence-electron chi connectivity index (χ3n) is 4.63. The van der Waals surface area contributed by atoms with Crippen molar-refractivity contribution in [1.82, 2.24) is 10.2 Å². The van der Waals surface area contributed by atoms with Gasteiger partial charge in [0.15, 0.2) is 0 Å². The quantitative estimate of drug-likeness (QED) is 0.804. The van der Waals surface area contributed by atoms with Crippen LogP contribution in [0.2, 0.25) is 0 Å². The monoisotopic (exact) mass is 236 g/mol. The van der Waals surface area contributed by atoms with Crippen molar-refractivity contribution in [2.24, 2.45) is 17.8 Å². The van der Waals surface area contributed by atoms with Crippen molar-refractivity contribution in [2.45, 2.75) is 45.1 Å². The number of hydrogen-bond donors (Lipinski definition) is 1. The Hall–Kier alpha value is -0.570. The van der Waals surface area contributed by atoms with Crippen LogP contribution in [0, 0.1) is 17.8 Å². The van der Waals surface area contributed by atoms with E-state index in [0.29, 0.717) is 23.8 Å². The summed E-state index contributed by atoms with van der Waals surface area (Å²) in [4.78, 5) is 14.2. The highest BCUT2D eigenvalue weighted by molar-refractivity contribution is 5.81. The predicted octanol–water partition coefficient (Wildman–Crippen LogP) is 1.63. The van der Waals surface area contributed by atoms with Crippen LogP contribution in [0.3, 0.4) is 0 Å². The SMILES string of the molecule is CC1CC1C(=O)N1CCC(NCC2CC2)CC1. The topological polar surface area (TPSA) is 32.3 Å². The average Bonchev–Trinajstić information content (AvgIpc) is 3.23. The maximum atomic E-state index is 12.1. The molecule has 0 spiro atoms. The molecule has 0 aromatic rings. The van der Waals surface area contributed by atoms with Gasteiger partial charge in [-0.2, -0.15) is 0 Å². The molecule has 1 heterocycles. The molecular weight excluding hydrogens is 212 g/mol. The van der Waals surface area contributed by atoms with Crippen molar-refractivity contribution in [2.75, 3.05) is 19.6 Å². The maximum Gasteiger partial charge on any atom is 0.225 e. The minimum absolute atomic E-state index is 0.367. The van der Waals surface area contributed by atoms with Crippen molar-refractivity contribution in [1.29, 1.82) is 0 Å². The third kappa shape index (κ3) is 2.82. The standard InChI is InChI=1S/C14H24N2O/c1-10-8-13(10)14(17)16-6-4-12(5-7-16)15-9-11-2-3-11/h10-13,15H,2-9H2,1H3. The number of likely N-dealkylation sites (tertiary alicyclic amines) is 1. The van der Waals surface area contributed by atoms with Gasteiger partial charge < -0.3 is 10.2 Å². The van der Waals surface area contributed by atoms with Gasteiger partial charge in [0, 0.05) is 25.0 Å². The van der Waals surface area contributed by atoms with Gasteiger partial charge in [0.05, 0.1) is 0 Å². The van der Waals surface area contributed by atoms with Crippen LogP contribution in [0.15, 0.2) is 0 Å². The molecule has 2 atom stereocenters. The summed E-state index contributed by atoms with van der Waals surface area (Å²) in [5.74, 6) is 2.40. The molecule has 1 amide bonds. The first-order valence-corrected chi connectivity index (χ1v) is 7.26. The molecule has 1 N–H and O–H groups in total. The summed E-state index contributed by atoms with van der Waals surface area (Å²) >= 11 is 0. The lowest BCUT2D eigenvalue weighted by atomic mass is 10.0. The second-order valence-electron chi connectivity index (χ2n) is 6.27. The number of rotatable bonds is 4. The zero-order valence-corrected chi connectivity index (χ0v) is 10.8. The molecule has 96 valence electrons. The normalized spacial score (nSPS) is 33.8. The number of nitrogens with zero attached hydrogens (tertiary/aromatic N) is 1. The van der Waals surface area contributed by atoms with Crippen LogP contribution in [0.1, 0.15) is 39.0 Å². The molecule has 1 aliphatic heterocycles. The first-order valence-electron chi connectivity index (χ1n) is 7.26. The lowest BCUT2D eigenvalue weighted by Gasteiger charge is -2.32. The van der Waals surface area contributed by atoms with Crippen molar-refractivity contribution >= 4 is 5.91 Å². The molecule has 17 heavy (non-hydrogen) atoms. The second kappa shape index (κ2) is 4.60. The molecular formula is C14H24N2O. The molecule has 2 unspecified atom stereocenters. The number of piperidine rings is 1. The van der Waals surface area contributed by atoms with E-state index >= 15 is 0 Å². The highest BCUT2D eigenvalue weighted by Crippen LogP contribution is 2.39. The van der Waals surface area contributed by atoms with Crippen LogP contribution < -0.4 is 5.32 Å². The fourth-order valence-electron chi connectivity index (χ4n) is 2.86. The Morgan fingerprint density at radius 1 is 1.24 bits per heavy atom. The van der Waals surface area contributed by atoms with Gasteiger partial charge in [-0.05, 0) is 50.5 Å². The van der Waals surface area contributed by atoms with Crippen molar-refractivity contribution < 1.29 is 4.79 Å². The van der Waals surface area contributed by atoms with Crippen LogP contribution in [0.4, 0.5) is 0 Å². The number of nitrogens with one attached hydrogen (secondary N) is 1. The van der Waals surface area contributed by atoms with E-state index < -0.39 is 0 Å². The molecule has 2 aliphatic carbocycles. The number of carbonyl (C=O) groups is 1. The van der Waals surface area contributed by atoms with E-state index in [2.05, 4.69) is 17.1 Å². The largest absolute Gasteiger partial charge is 0.342 e. The highest BCUT2D eigenvalue weighted by atomic mass is 16.2. The Balaban J connectivity index is 1.38. The average molecular weight is 236 g/mol. The van der Waals surface area contributed by atoms with Gasteiger partial charge in [-0.1, -0.05) is 6.92 Å².